The van der Waals surface area contributed by atoms with Crippen molar-refractivity contribution >= 4 is 131 Å². The number of sulfone groups is 4. The Kier molecular flexibility index (Phi) is 30.3. The molecule has 26 nitrogen and oxygen atoms in total. The van der Waals surface area contributed by atoms with Crippen LogP contribution in [-0.2, 0) is 89.4 Å². The summed E-state index contributed by atoms with van der Waals surface area (Å²) in [6.45, 7) is 7.16. The molecular formula is C81H88F16N14O12S8. The van der Waals surface area contributed by atoms with Crippen LogP contribution < -0.4 is 19.6 Å². The molecule has 0 saturated carbocycles. The van der Waals surface area contributed by atoms with Crippen LogP contribution in [0.2, 0.25) is 0 Å². The lowest BCUT2D eigenvalue weighted by molar-refractivity contribution is -0.139. The van der Waals surface area contributed by atoms with E-state index in [1.807, 2.05) is 47.9 Å². The normalized spacial score (nSPS) is 22.1. The molecule has 131 heavy (non-hydrogen) atoms. The first-order valence-electron chi connectivity index (χ1n) is 41.3. The maximum absolute atomic E-state index is 14.0. The molecule has 0 bridgehead atoms. The van der Waals surface area contributed by atoms with Gasteiger partial charge in [0.25, 0.3) is 0 Å². The molecule has 0 radical (unpaired) electrons. The number of aromatic nitrogens is 6. The van der Waals surface area contributed by atoms with Gasteiger partial charge in [-0.25, -0.2) is 58.0 Å². The van der Waals surface area contributed by atoms with Crippen molar-refractivity contribution in [1.29, 1.82) is 0 Å². The van der Waals surface area contributed by atoms with Crippen molar-refractivity contribution < 1.29 is 123 Å². The molecule has 8 fully saturated rings. The molecule has 0 spiro atoms. The highest BCUT2D eigenvalue weighted by Crippen LogP contribution is 2.45. The second kappa shape index (κ2) is 39.9. The van der Waals surface area contributed by atoms with Gasteiger partial charge >= 0.3 is 30.9 Å². The lowest BCUT2D eigenvalue weighted by Gasteiger charge is -2.43. The fourth-order valence-electron chi connectivity index (χ4n) is 16.7. The number of carbonyl (C=O) groups excluding carboxylic acids is 4. The van der Waals surface area contributed by atoms with Crippen molar-refractivity contribution in [1.82, 2.24) is 49.7 Å². The van der Waals surface area contributed by atoms with E-state index in [2.05, 4.69) is 30.1 Å². The van der Waals surface area contributed by atoms with E-state index < -0.39 is 127 Å². The quantitative estimate of drug-likeness (QED) is 0.103. The van der Waals surface area contributed by atoms with Crippen LogP contribution in [-0.4, -0.2) is 232 Å². The molecule has 4 amide bonds. The van der Waals surface area contributed by atoms with Gasteiger partial charge in [-0.15, -0.1) is 44.2 Å². The molecule has 0 N–H and O–H groups in total. The molecule has 16 rings (SSSR count). The Balaban J connectivity index is 0.000000149. The number of piperazine rings is 4. The minimum absolute atomic E-state index is 0.0194. The molecule has 7 aromatic heterocycles. The Morgan fingerprint density at radius 1 is 0.351 bits per heavy atom. The van der Waals surface area contributed by atoms with Crippen LogP contribution >= 0.6 is 45.3 Å². The van der Waals surface area contributed by atoms with Crippen LogP contribution in [0.15, 0.2) is 110 Å². The fourth-order valence-corrected chi connectivity index (χ4v) is 26.3. The molecule has 714 valence electrons. The summed E-state index contributed by atoms with van der Waals surface area (Å²) in [4.78, 5) is 86.1. The first-order chi connectivity index (χ1) is 61.3. The van der Waals surface area contributed by atoms with E-state index in [9.17, 15) is 123 Å². The molecule has 8 saturated heterocycles. The predicted molar refractivity (Wildman–Crippen MR) is 456 cm³/mol. The van der Waals surface area contributed by atoms with Gasteiger partial charge in [0.15, 0.2) is 0 Å². The number of pyridine rings is 2. The third-order valence-electron chi connectivity index (χ3n) is 23.9. The molecule has 8 aliphatic rings. The zero-order valence-electron chi connectivity index (χ0n) is 69.8. The molecule has 4 atom stereocenters. The largest absolute Gasteiger partial charge is 0.445 e. The van der Waals surface area contributed by atoms with E-state index in [1.54, 1.807) is 48.3 Å². The van der Waals surface area contributed by atoms with Gasteiger partial charge in [0.05, 0.1) is 86.9 Å². The van der Waals surface area contributed by atoms with Crippen LogP contribution in [0.1, 0.15) is 132 Å². The molecule has 8 aromatic rings. The highest BCUT2D eigenvalue weighted by molar-refractivity contribution is 7.92. The molecule has 50 heteroatoms. The van der Waals surface area contributed by atoms with Gasteiger partial charge in [-0.05, 0) is 144 Å². The lowest BCUT2D eigenvalue weighted by atomic mass is 9.96. The highest BCUT2D eigenvalue weighted by atomic mass is 32.2. The summed E-state index contributed by atoms with van der Waals surface area (Å²) in [6.07, 6.45) is -17.5. The minimum atomic E-state index is -4.68. The SMILES string of the molecule is Cc1ccc(C2CN(c3ccc(C(F)(F)F)cn3)CCN2C(=O)C2CCS(=O)(=O)CC2)s1.Cc1ccc(C2CN(c3ncc(C(F)(F)F)cn3)CCN2C(=O)C2CCS(=O)(=O)CC2)s1.O=C(C1CCS(=O)(=O)CC1)N1CCN(c2ccc(C(F)(F)F)cn2)CC1c1cccc(F)c1.O=C(C1CCS(=O)(=O)CC1)N1CCN(c2nnc(C(F)(F)F)s2)C[C@@H]1c1ccc(C(F)(F)F)s1. The monoisotopic (exact) mass is 2010 g/mol. The minimum Gasteiger partial charge on any atom is -0.352 e. The predicted octanol–water partition coefficient (Wildman–Crippen LogP) is 14.1. The third-order valence-corrected chi connectivity index (χ3v) is 35.2. The van der Waals surface area contributed by atoms with Gasteiger partial charge in [-0.1, -0.05) is 23.5 Å². The van der Waals surface area contributed by atoms with Gasteiger partial charge in [0.2, 0.25) is 39.7 Å². The number of anilines is 4. The molecule has 1 aromatic carbocycles. The van der Waals surface area contributed by atoms with E-state index in [0.717, 1.165) is 62.5 Å². The van der Waals surface area contributed by atoms with E-state index in [4.69, 9.17) is 0 Å². The van der Waals surface area contributed by atoms with E-state index in [-0.39, 0.29) is 168 Å². The zero-order chi connectivity index (χ0) is 94.9. The Morgan fingerprint density at radius 2 is 0.695 bits per heavy atom. The number of carbonyl (C=O) groups is 4. The summed E-state index contributed by atoms with van der Waals surface area (Å²) >= 11 is 3.93. The number of amides is 4. The number of halogens is 16. The molecule has 15 heterocycles. The lowest BCUT2D eigenvalue weighted by Crippen LogP contribution is -2.53. The third kappa shape index (κ3) is 25.2. The standard InChI is InChI=1S/C22H23F4N3O3S.C21H24F3N3O3S2.C20H23F3N4O3S2.C18H18F6N4O3S3/c23-18-3-1-2-16(12-18)19-14-28(20-5-4-17(13-27-20)22(24,25)26)8-9-29(19)21(30)15-6-10-33(31,32)11-7-15;1-14-2-4-18(31-14)17-13-26(19-5-3-16(12-25-19)21(22,23)24)8-9-27(17)20(28)15-6-10-32(29,30)11-7-15;1-13-2-3-17(31-13)16-12-26(19-24-10-15(11-25-19)20(21,22)23)6-7-27(16)18(28)14-4-8-32(29,30)9-5-14;19-17(20,21)13-2-1-12(32-13)11-9-27(16-26-25-15(33-16)18(22,23)24)5-6-28(11)14(29)10-3-7-34(30,31)8-4-10/h1-5,12-13,15,19H,6-11,14H2;2-5,12,15,17H,6-11,13H2,1H3;2-3,10-11,14,16H,4-9,12H2,1H3;1-2,10-11H,3-9H2/t;;;11-/m...1/s1. The highest BCUT2D eigenvalue weighted by Gasteiger charge is 2.47. The van der Waals surface area contributed by atoms with Crippen molar-refractivity contribution in [3.8, 4) is 0 Å². The van der Waals surface area contributed by atoms with Gasteiger partial charge in [-0.3, -0.25) is 19.2 Å². The summed E-state index contributed by atoms with van der Waals surface area (Å²) < 4.78 is 302. The Hall–Kier alpha value is -8.98. The number of thiophene rings is 3. The average Bonchev–Trinajstić information content (AvgIpc) is 1.69. The average molecular weight is 2010 g/mol. The number of alkyl halides is 15. The van der Waals surface area contributed by atoms with Crippen LogP contribution in [0.5, 0.6) is 0 Å². The maximum atomic E-state index is 14.0. The van der Waals surface area contributed by atoms with Gasteiger partial charge < -0.3 is 39.2 Å². The van der Waals surface area contributed by atoms with Crippen LogP contribution in [0.25, 0.3) is 0 Å². The maximum Gasteiger partial charge on any atom is 0.445 e. The number of aryl methyl sites for hydroxylation is 2. The van der Waals surface area contributed by atoms with Crippen LogP contribution in [0.4, 0.5) is 93.0 Å². The van der Waals surface area contributed by atoms with Gasteiger partial charge in [0, 0.05) is 151 Å². The first kappa shape index (κ1) is 99.5. The Bertz CT molecular complexity index is 5640. The van der Waals surface area contributed by atoms with E-state index in [0.29, 0.717) is 111 Å². The summed E-state index contributed by atoms with van der Waals surface area (Å²) in [7, 11) is -12.5. The second-order valence-electron chi connectivity index (χ2n) is 32.8. The molecule has 3 unspecified atom stereocenters. The number of nitrogens with zero attached hydrogens (tertiary/aromatic N) is 14. The van der Waals surface area contributed by atoms with Crippen molar-refractivity contribution in [2.45, 2.75) is 120 Å². The Labute approximate surface area is 759 Å². The van der Waals surface area contributed by atoms with Crippen molar-refractivity contribution in [2.24, 2.45) is 23.7 Å². The zero-order valence-corrected chi connectivity index (χ0v) is 76.3. The number of benzene rings is 1. The van der Waals surface area contributed by atoms with E-state index >= 15 is 0 Å². The second-order valence-corrected chi connectivity index (χ2v) is 46.7. The van der Waals surface area contributed by atoms with Gasteiger partial charge in [0.1, 0.15) is 61.7 Å². The number of hydrogen-bond acceptors (Lipinski definition) is 26. The molecule has 0 aliphatic carbocycles. The van der Waals surface area contributed by atoms with Crippen molar-refractivity contribution in [3.05, 3.63) is 172 Å². The number of hydrogen-bond donors (Lipinski definition) is 0. The summed E-state index contributed by atoms with van der Waals surface area (Å²) in [6, 6.07) is 18.5. The van der Waals surface area contributed by atoms with E-state index in [1.165, 1.54) is 46.2 Å². The summed E-state index contributed by atoms with van der Waals surface area (Å²) in [5.74, 6) is -2.10. The molecule has 8 aliphatic heterocycles. The molecular weight excluding hydrogens is 1920 g/mol. The van der Waals surface area contributed by atoms with Crippen LogP contribution in [0, 0.1) is 43.3 Å². The van der Waals surface area contributed by atoms with Crippen molar-refractivity contribution in [2.75, 3.05) is 144 Å². The first-order valence-corrected chi connectivity index (χ1v) is 51.8. The topological polar surface area (TPSA) is 308 Å². The van der Waals surface area contributed by atoms with Crippen molar-refractivity contribution in [3.63, 3.8) is 0 Å². The van der Waals surface area contributed by atoms with Crippen LogP contribution in [0.3, 0.4) is 0 Å². The van der Waals surface area contributed by atoms with Gasteiger partial charge in [-0.2, -0.15) is 65.9 Å². The summed E-state index contributed by atoms with van der Waals surface area (Å²) in [5, 5.41) is 5.56. The Morgan fingerprint density at radius 3 is 1.03 bits per heavy atom. The smallest absolute Gasteiger partial charge is 0.352 e. The number of rotatable bonds is 12. The summed E-state index contributed by atoms with van der Waals surface area (Å²) in [5.41, 5.74) is -2.00. The fraction of sp³-hybridized carbons (Fsp3) is 0.531.